The molecule has 0 saturated carbocycles. The molecule has 0 aliphatic rings. The first kappa shape index (κ1) is 19.0. The van der Waals surface area contributed by atoms with Gasteiger partial charge in [0.25, 0.3) is 5.91 Å². The predicted octanol–water partition coefficient (Wildman–Crippen LogP) is 2.95. The summed E-state index contributed by atoms with van der Waals surface area (Å²) in [5.74, 6) is 0.605. The van der Waals surface area contributed by atoms with E-state index in [2.05, 4.69) is 20.7 Å². The molecule has 0 atom stereocenters. The Kier molecular flexibility index (Phi) is 5.91. The number of para-hydroxylation sites is 1. The van der Waals surface area contributed by atoms with Crippen LogP contribution in [0.25, 0.3) is 11.3 Å². The van der Waals surface area contributed by atoms with Crippen molar-refractivity contribution in [2.24, 2.45) is 5.10 Å². The Balaban J connectivity index is 1.66. The van der Waals surface area contributed by atoms with Crippen molar-refractivity contribution in [1.29, 1.82) is 0 Å². The Morgan fingerprint density at radius 3 is 2.79 bits per heavy atom. The summed E-state index contributed by atoms with van der Waals surface area (Å²) < 4.78 is 10.4. The molecule has 0 radical (unpaired) electrons. The van der Waals surface area contributed by atoms with Crippen molar-refractivity contribution in [3.8, 4) is 28.5 Å². The number of hydrazone groups is 1. The van der Waals surface area contributed by atoms with E-state index >= 15 is 0 Å². The number of aromatic amines is 1. The summed E-state index contributed by atoms with van der Waals surface area (Å²) in [6, 6.07) is 14.0. The van der Waals surface area contributed by atoms with Crippen molar-refractivity contribution in [2.45, 2.75) is 6.92 Å². The van der Waals surface area contributed by atoms with Crippen molar-refractivity contribution in [2.75, 3.05) is 13.7 Å². The molecule has 0 aliphatic heterocycles. The second kappa shape index (κ2) is 8.72. The lowest BCUT2D eigenvalue weighted by Gasteiger charge is -2.07. The van der Waals surface area contributed by atoms with Gasteiger partial charge in [0, 0.05) is 11.1 Å². The molecule has 2 aromatic carbocycles. The first-order chi connectivity index (χ1) is 13.6. The number of phenols is 1. The summed E-state index contributed by atoms with van der Waals surface area (Å²) in [4.78, 5) is 12.2. The molecule has 3 N–H and O–H groups in total. The van der Waals surface area contributed by atoms with Gasteiger partial charge in [0.15, 0.2) is 11.5 Å². The lowest BCUT2D eigenvalue weighted by molar-refractivity contribution is 0.0950. The van der Waals surface area contributed by atoms with E-state index in [9.17, 15) is 9.90 Å². The van der Waals surface area contributed by atoms with Crippen molar-refractivity contribution in [3.63, 3.8) is 0 Å². The normalized spacial score (nSPS) is 10.8. The maximum absolute atomic E-state index is 12.2. The van der Waals surface area contributed by atoms with Crippen LogP contribution in [0.15, 0.2) is 53.6 Å². The van der Waals surface area contributed by atoms with Gasteiger partial charge in [-0.3, -0.25) is 9.89 Å². The van der Waals surface area contributed by atoms with Gasteiger partial charge in [0.05, 0.1) is 25.6 Å². The van der Waals surface area contributed by atoms with E-state index in [4.69, 9.17) is 9.47 Å². The molecule has 0 bridgehead atoms. The molecule has 1 aromatic heterocycles. The topological polar surface area (TPSA) is 109 Å². The zero-order valence-electron chi connectivity index (χ0n) is 15.5. The number of hydrogen-bond acceptors (Lipinski definition) is 6. The first-order valence-corrected chi connectivity index (χ1v) is 8.60. The monoisotopic (exact) mass is 380 g/mol. The van der Waals surface area contributed by atoms with Crippen LogP contribution in [-0.4, -0.2) is 41.1 Å². The van der Waals surface area contributed by atoms with E-state index in [0.29, 0.717) is 23.6 Å². The molecule has 0 unspecified atom stereocenters. The molecule has 0 saturated heterocycles. The van der Waals surface area contributed by atoms with Gasteiger partial charge < -0.3 is 14.6 Å². The van der Waals surface area contributed by atoms with Gasteiger partial charge >= 0.3 is 0 Å². The number of benzene rings is 2. The molecular weight excluding hydrogens is 360 g/mol. The highest BCUT2D eigenvalue weighted by Gasteiger charge is 2.11. The maximum Gasteiger partial charge on any atom is 0.289 e. The molecule has 8 heteroatoms. The minimum Gasteiger partial charge on any atom is -0.504 e. The standard InChI is InChI=1S/C20H20N4O4/c1-3-28-18-6-4-5-14(19(18)25)12-21-24-20(26)17-11-16(22-23-17)13-7-9-15(27-2)10-8-13/h4-12,25H,3H2,1-2H3,(H,22,23)(H,24,26)/b21-12+. The number of amides is 1. The number of hydrogen-bond donors (Lipinski definition) is 3. The molecule has 28 heavy (non-hydrogen) atoms. The van der Waals surface area contributed by atoms with E-state index in [1.165, 1.54) is 6.21 Å². The number of methoxy groups -OCH3 is 1. The Labute approximate surface area is 161 Å². The summed E-state index contributed by atoms with van der Waals surface area (Å²) in [5.41, 5.74) is 4.55. The lowest BCUT2D eigenvalue weighted by atomic mass is 10.1. The van der Waals surface area contributed by atoms with Gasteiger partial charge in [-0.1, -0.05) is 6.07 Å². The Bertz CT molecular complexity index is 980. The van der Waals surface area contributed by atoms with Crippen molar-refractivity contribution in [3.05, 3.63) is 59.8 Å². The lowest BCUT2D eigenvalue weighted by Crippen LogP contribution is -2.18. The van der Waals surface area contributed by atoms with E-state index in [0.717, 1.165) is 11.3 Å². The van der Waals surface area contributed by atoms with Gasteiger partial charge in [-0.05, 0) is 49.4 Å². The highest BCUT2D eigenvalue weighted by atomic mass is 16.5. The van der Waals surface area contributed by atoms with E-state index in [1.54, 1.807) is 31.4 Å². The predicted molar refractivity (Wildman–Crippen MR) is 105 cm³/mol. The van der Waals surface area contributed by atoms with Crippen LogP contribution in [0.4, 0.5) is 0 Å². The number of carbonyl (C=O) groups excluding carboxylic acids is 1. The summed E-state index contributed by atoms with van der Waals surface area (Å²) in [6.45, 7) is 2.26. The number of H-pyrrole nitrogens is 1. The van der Waals surface area contributed by atoms with E-state index in [-0.39, 0.29) is 11.4 Å². The van der Waals surface area contributed by atoms with Gasteiger partial charge in [-0.2, -0.15) is 10.2 Å². The fourth-order valence-electron chi connectivity index (χ4n) is 2.48. The second-order valence-electron chi connectivity index (χ2n) is 5.72. The largest absolute Gasteiger partial charge is 0.504 e. The van der Waals surface area contributed by atoms with Crippen molar-refractivity contribution < 1.29 is 19.4 Å². The first-order valence-electron chi connectivity index (χ1n) is 8.60. The van der Waals surface area contributed by atoms with E-state index in [1.807, 2.05) is 31.2 Å². The molecule has 0 aliphatic carbocycles. The van der Waals surface area contributed by atoms with Crippen LogP contribution < -0.4 is 14.9 Å². The number of nitrogens with one attached hydrogen (secondary N) is 2. The number of ether oxygens (including phenoxy) is 2. The third-order valence-corrected chi connectivity index (χ3v) is 3.91. The number of rotatable bonds is 7. The highest BCUT2D eigenvalue weighted by Crippen LogP contribution is 2.28. The van der Waals surface area contributed by atoms with E-state index < -0.39 is 5.91 Å². The quantitative estimate of drug-likeness (QED) is 0.431. The Morgan fingerprint density at radius 1 is 1.29 bits per heavy atom. The highest BCUT2D eigenvalue weighted by molar-refractivity contribution is 5.94. The minimum atomic E-state index is -0.455. The Hall–Kier alpha value is -3.81. The van der Waals surface area contributed by atoms with Crippen LogP contribution in [0, 0.1) is 0 Å². The van der Waals surface area contributed by atoms with Gasteiger partial charge in [0.1, 0.15) is 11.4 Å². The smallest absolute Gasteiger partial charge is 0.289 e. The summed E-state index contributed by atoms with van der Waals surface area (Å²) in [6.07, 6.45) is 1.34. The molecule has 1 amide bonds. The number of carbonyl (C=O) groups is 1. The third-order valence-electron chi connectivity index (χ3n) is 3.91. The SMILES string of the molecule is CCOc1cccc(/C=N/NC(=O)c2cc(-c3ccc(OC)cc3)n[nH]2)c1O. The van der Waals surface area contributed by atoms with Gasteiger partial charge in [0.2, 0.25) is 0 Å². The van der Waals surface area contributed by atoms with Crippen LogP contribution in [0.3, 0.4) is 0 Å². The molecule has 0 fully saturated rings. The van der Waals surface area contributed by atoms with Gasteiger partial charge in [-0.25, -0.2) is 5.43 Å². The summed E-state index contributed by atoms with van der Waals surface area (Å²) in [5, 5.41) is 20.8. The third kappa shape index (κ3) is 4.29. The molecule has 0 spiro atoms. The van der Waals surface area contributed by atoms with Crippen LogP contribution in [0.5, 0.6) is 17.2 Å². The molecule has 3 rings (SSSR count). The number of aromatic nitrogens is 2. The molecule has 3 aromatic rings. The zero-order chi connectivity index (χ0) is 19.9. The van der Waals surface area contributed by atoms with Crippen LogP contribution in [0.2, 0.25) is 0 Å². The van der Waals surface area contributed by atoms with Crippen molar-refractivity contribution in [1.82, 2.24) is 15.6 Å². The maximum atomic E-state index is 12.2. The van der Waals surface area contributed by atoms with Crippen molar-refractivity contribution >= 4 is 12.1 Å². The molecular formula is C20H20N4O4. The van der Waals surface area contributed by atoms with Gasteiger partial charge in [-0.15, -0.1) is 0 Å². The van der Waals surface area contributed by atoms with Crippen LogP contribution in [0.1, 0.15) is 23.0 Å². The average molecular weight is 380 g/mol. The second-order valence-corrected chi connectivity index (χ2v) is 5.72. The summed E-state index contributed by atoms with van der Waals surface area (Å²) >= 11 is 0. The zero-order valence-corrected chi connectivity index (χ0v) is 15.5. The minimum absolute atomic E-state index is 0.0364. The fraction of sp³-hybridized carbons (Fsp3) is 0.150. The summed E-state index contributed by atoms with van der Waals surface area (Å²) in [7, 11) is 1.60. The van der Waals surface area contributed by atoms with Crippen LogP contribution >= 0.6 is 0 Å². The molecule has 1 heterocycles. The number of nitrogens with zero attached hydrogens (tertiary/aromatic N) is 2. The Morgan fingerprint density at radius 2 is 2.07 bits per heavy atom. The average Bonchev–Trinajstić information content (AvgIpc) is 3.21. The fourth-order valence-corrected chi connectivity index (χ4v) is 2.48. The molecule has 144 valence electrons. The number of phenolic OH excluding ortho intramolecular Hbond substituents is 1. The molecule has 8 nitrogen and oxygen atoms in total. The van der Waals surface area contributed by atoms with Crippen LogP contribution in [-0.2, 0) is 0 Å². The number of aromatic hydroxyl groups is 1.